The lowest BCUT2D eigenvalue weighted by atomic mass is 10.2. The van der Waals surface area contributed by atoms with E-state index in [2.05, 4.69) is 15.5 Å². The molecule has 0 amide bonds. The summed E-state index contributed by atoms with van der Waals surface area (Å²) >= 11 is 5.63. The average Bonchev–Trinajstić information content (AvgIpc) is 2.28. The van der Waals surface area contributed by atoms with E-state index in [9.17, 15) is 13.2 Å². The Hall–Kier alpha value is -1.82. The average molecular weight is 274 g/mol. The Kier molecular flexibility index (Phi) is 3.38. The van der Waals surface area contributed by atoms with Crippen molar-refractivity contribution in [3.63, 3.8) is 0 Å². The molecule has 0 radical (unpaired) electrons. The Bertz CT molecular complexity index is 540. The Morgan fingerprint density at radius 1 is 1.06 bits per heavy atom. The van der Waals surface area contributed by atoms with Crippen molar-refractivity contribution in [2.24, 2.45) is 0 Å². The minimum atomic E-state index is -4.33. The van der Waals surface area contributed by atoms with Gasteiger partial charge in [-0.1, -0.05) is 11.6 Å². The van der Waals surface area contributed by atoms with Crippen LogP contribution in [-0.4, -0.2) is 10.2 Å². The number of anilines is 2. The summed E-state index contributed by atoms with van der Waals surface area (Å²) in [7, 11) is 0. The molecule has 1 aromatic heterocycles. The van der Waals surface area contributed by atoms with E-state index < -0.39 is 11.7 Å². The van der Waals surface area contributed by atoms with E-state index in [1.54, 1.807) is 0 Å². The van der Waals surface area contributed by atoms with Gasteiger partial charge in [-0.2, -0.15) is 18.3 Å². The molecular formula is C11H7ClF3N3. The molecule has 0 aliphatic rings. The van der Waals surface area contributed by atoms with Crippen LogP contribution in [-0.2, 0) is 6.18 Å². The zero-order valence-corrected chi connectivity index (χ0v) is 9.63. The molecule has 1 N–H and O–H groups in total. The fourth-order valence-corrected chi connectivity index (χ4v) is 1.48. The fourth-order valence-electron chi connectivity index (χ4n) is 1.32. The van der Waals surface area contributed by atoms with Gasteiger partial charge < -0.3 is 5.32 Å². The molecule has 0 bridgehead atoms. The second-order valence-corrected chi connectivity index (χ2v) is 3.85. The minimum Gasteiger partial charge on any atom is -0.354 e. The summed E-state index contributed by atoms with van der Waals surface area (Å²) in [5.41, 5.74) is 0.362. The summed E-state index contributed by atoms with van der Waals surface area (Å²) in [4.78, 5) is 0. The third-order valence-electron chi connectivity index (χ3n) is 2.13. The molecule has 2 aromatic rings. The van der Waals surface area contributed by atoms with E-state index in [-0.39, 0.29) is 5.15 Å². The van der Waals surface area contributed by atoms with Crippen molar-refractivity contribution in [1.82, 2.24) is 10.2 Å². The van der Waals surface area contributed by atoms with Gasteiger partial charge in [0.1, 0.15) is 0 Å². The SMILES string of the molecule is FC(F)(F)c1ccc(Nc2cnnc(Cl)c2)cc1. The minimum absolute atomic E-state index is 0.201. The van der Waals surface area contributed by atoms with Crippen molar-refractivity contribution in [1.29, 1.82) is 0 Å². The Balaban J connectivity index is 2.16. The first-order valence-electron chi connectivity index (χ1n) is 4.88. The molecule has 1 aromatic carbocycles. The molecule has 0 aliphatic heterocycles. The molecule has 0 unspecified atom stereocenters. The number of halogens is 4. The third kappa shape index (κ3) is 3.10. The summed E-state index contributed by atoms with van der Waals surface area (Å²) in [5.74, 6) is 0. The van der Waals surface area contributed by atoms with Crippen LogP contribution in [0.4, 0.5) is 24.5 Å². The molecule has 94 valence electrons. The molecule has 1 heterocycles. The smallest absolute Gasteiger partial charge is 0.354 e. The van der Waals surface area contributed by atoms with E-state index in [1.165, 1.54) is 24.4 Å². The third-order valence-corrected chi connectivity index (χ3v) is 2.31. The highest BCUT2D eigenvalue weighted by atomic mass is 35.5. The van der Waals surface area contributed by atoms with Crippen molar-refractivity contribution in [3.05, 3.63) is 47.2 Å². The van der Waals surface area contributed by atoms with Gasteiger partial charge in [0, 0.05) is 11.8 Å². The quantitative estimate of drug-likeness (QED) is 0.902. The molecule has 0 saturated carbocycles. The van der Waals surface area contributed by atoms with Crippen LogP contribution >= 0.6 is 11.6 Å². The van der Waals surface area contributed by atoms with E-state index in [1.807, 2.05) is 0 Å². The summed E-state index contributed by atoms with van der Waals surface area (Å²) in [5, 5.41) is 10.2. The zero-order chi connectivity index (χ0) is 13.2. The van der Waals surface area contributed by atoms with Crippen LogP contribution in [0.25, 0.3) is 0 Å². The van der Waals surface area contributed by atoms with Crippen molar-refractivity contribution >= 4 is 23.0 Å². The van der Waals surface area contributed by atoms with Gasteiger partial charge in [-0.25, -0.2) is 0 Å². The van der Waals surface area contributed by atoms with Gasteiger partial charge >= 0.3 is 6.18 Å². The first-order valence-corrected chi connectivity index (χ1v) is 5.25. The largest absolute Gasteiger partial charge is 0.416 e. The van der Waals surface area contributed by atoms with Crippen LogP contribution in [0.1, 0.15) is 5.56 Å². The molecular weight excluding hydrogens is 267 g/mol. The molecule has 0 fully saturated rings. The second kappa shape index (κ2) is 4.81. The summed E-state index contributed by atoms with van der Waals surface area (Å²) in [6.07, 6.45) is -2.91. The molecule has 18 heavy (non-hydrogen) atoms. The van der Waals surface area contributed by atoms with E-state index in [0.29, 0.717) is 11.4 Å². The van der Waals surface area contributed by atoms with Gasteiger partial charge in [0.05, 0.1) is 17.4 Å². The van der Waals surface area contributed by atoms with Gasteiger partial charge in [-0.15, -0.1) is 5.10 Å². The van der Waals surface area contributed by atoms with Gasteiger partial charge in [-0.3, -0.25) is 0 Å². The van der Waals surface area contributed by atoms with Crippen LogP contribution in [0.2, 0.25) is 5.15 Å². The predicted octanol–water partition coefficient (Wildman–Crippen LogP) is 3.89. The normalized spacial score (nSPS) is 11.3. The molecule has 3 nitrogen and oxygen atoms in total. The number of hydrogen-bond acceptors (Lipinski definition) is 3. The zero-order valence-electron chi connectivity index (χ0n) is 8.87. The number of nitrogens with one attached hydrogen (secondary N) is 1. The van der Waals surface area contributed by atoms with Gasteiger partial charge in [-0.05, 0) is 24.3 Å². The number of benzene rings is 1. The van der Waals surface area contributed by atoms with Gasteiger partial charge in [0.25, 0.3) is 0 Å². The number of alkyl halides is 3. The maximum atomic E-state index is 12.3. The summed E-state index contributed by atoms with van der Waals surface area (Å²) in [6.45, 7) is 0. The van der Waals surface area contributed by atoms with E-state index in [0.717, 1.165) is 12.1 Å². The van der Waals surface area contributed by atoms with Crippen LogP contribution < -0.4 is 5.32 Å². The number of aromatic nitrogens is 2. The standard InChI is InChI=1S/C11H7ClF3N3/c12-10-5-9(6-16-18-10)17-8-3-1-7(2-4-8)11(13,14)15/h1-6H,(H,17,18). The van der Waals surface area contributed by atoms with Gasteiger partial charge in [0.15, 0.2) is 5.15 Å². The Morgan fingerprint density at radius 2 is 1.72 bits per heavy atom. The lowest BCUT2D eigenvalue weighted by molar-refractivity contribution is -0.137. The molecule has 0 aliphatic carbocycles. The van der Waals surface area contributed by atoms with Crippen LogP contribution in [0.3, 0.4) is 0 Å². The van der Waals surface area contributed by atoms with Crippen LogP contribution in [0, 0.1) is 0 Å². The molecule has 7 heteroatoms. The van der Waals surface area contributed by atoms with E-state index in [4.69, 9.17) is 11.6 Å². The lowest BCUT2D eigenvalue weighted by Gasteiger charge is -2.09. The summed E-state index contributed by atoms with van der Waals surface area (Å²) < 4.78 is 37.0. The number of hydrogen-bond donors (Lipinski definition) is 1. The Labute approximate surface area is 106 Å². The van der Waals surface area contributed by atoms with Crippen molar-refractivity contribution in [2.45, 2.75) is 6.18 Å². The second-order valence-electron chi connectivity index (χ2n) is 3.47. The van der Waals surface area contributed by atoms with Crippen LogP contribution in [0.5, 0.6) is 0 Å². The first kappa shape index (κ1) is 12.6. The molecule has 0 spiro atoms. The molecule has 0 saturated heterocycles. The maximum Gasteiger partial charge on any atom is 0.416 e. The van der Waals surface area contributed by atoms with E-state index >= 15 is 0 Å². The topological polar surface area (TPSA) is 37.8 Å². The lowest BCUT2D eigenvalue weighted by Crippen LogP contribution is -2.04. The molecule has 0 atom stereocenters. The van der Waals surface area contributed by atoms with Gasteiger partial charge in [0.2, 0.25) is 0 Å². The number of nitrogens with zero attached hydrogens (tertiary/aromatic N) is 2. The summed E-state index contributed by atoms with van der Waals surface area (Å²) in [6, 6.07) is 6.18. The highest BCUT2D eigenvalue weighted by Crippen LogP contribution is 2.30. The van der Waals surface area contributed by atoms with Crippen molar-refractivity contribution < 1.29 is 13.2 Å². The highest BCUT2D eigenvalue weighted by Gasteiger charge is 2.29. The molecule has 2 rings (SSSR count). The first-order chi connectivity index (χ1) is 8.45. The highest BCUT2D eigenvalue weighted by molar-refractivity contribution is 6.29. The number of rotatable bonds is 2. The maximum absolute atomic E-state index is 12.3. The monoisotopic (exact) mass is 273 g/mol. The fraction of sp³-hybridized carbons (Fsp3) is 0.0909. The Morgan fingerprint density at radius 3 is 2.28 bits per heavy atom. The predicted molar refractivity (Wildman–Crippen MR) is 61.8 cm³/mol. The van der Waals surface area contributed by atoms with Crippen molar-refractivity contribution in [2.75, 3.05) is 5.32 Å². The van der Waals surface area contributed by atoms with Crippen molar-refractivity contribution in [3.8, 4) is 0 Å². The van der Waals surface area contributed by atoms with Crippen LogP contribution in [0.15, 0.2) is 36.5 Å².